The van der Waals surface area contributed by atoms with Crippen molar-refractivity contribution in [2.24, 2.45) is 5.41 Å². The maximum Gasteiger partial charge on any atom is 0.304 e. The van der Waals surface area contributed by atoms with Crippen LogP contribution in [-0.4, -0.2) is 25.5 Å². The molecule has 0 aliphatic rings. The summed E-state index contributed by atoms with van der Waals surface area (Å²) in [5.74, 6) is -1.03. The van der Waals surface area contributed by atoms with Crippen LogP contribution in [0.2, 0.25) is 0 Å². The van der Waals surface area contributed by atoms with Gasteiger partial charge >= 0.3 is 5.97 Å². The fourth-order valence-electron chi connectivity index (χ4n) is 2.03. The number of rotatable bonds is 6. The molecule has 1 rings (SSSR count). The van der Waals surface area contributed by atoms with Crippen LogP contribution in [0.25, 0.3) is 0 Å². The molecule has 1 unspecified atom stereocenters. The maximum atomic E-state index is 12.3. The summed E-state index contributed by atoms with van der Waals surface area (Å²) in [5.41, 5.74) is -0.181. The summed E-state index contributed by atoms with van der Waals surface area (Å²) in [7, 11) is -3.74. The Hall–Kier alpha value is -0.920. The number of aliphatic carboxylic acids is 1. The minimum atomic E-state index is -3.74. The third-order valence-electron chi connectivity index (χ3n) is 2.71. The van der Waals surface area contributed by atoms with E-state index in [0.29, 0.717) is 10.9 Å². The van der Waals surface area contributed by atoms with Gasteiger partial charge in [0.05, 0.1) is 11.3 Å². The van der Waals surface area contributed by atoms with Gasteiger partial charge in [-0.2, -0.15) is 0 Å². The summed E-state index contributed by atoms with van der Waals surface area (Å²) in [5, 5.41) is 8.95. The standard InChI is InChI=1S/C14H20BrNO4S/c1-14(2,3)9-11(8-13(17)18)16-21(19,20)12-6-4-5-10(15)7-12/h4-7,11,16H,8-9H2,1-3H3,(H,17,18). The molecule has 7 heteroatoms. The Morgan fingerprint density at radius 2 is 2.00 bits per heavy atom. The number of carboxylic acids is 1. The van der Waals surface area contributed by atoms with Crippen molar-refractivity contribution < 1.29 is 18.3 Å². The number of hydrogen-bond donors (Lipinski definition) is 2. The summed E-state index contributed by atoms with van der Waals surface area (Å²) in [6, 6.07) is 5.66. The molecule has 0 bridgehead atoms. The van der Waals surface area contributed by atoms with Crippen molar-refractivity contribution in [2.45, 2.75) is 44.6 Å². The average molecular weight is 378 g/mol. The van der Waals surface area contributed by atoms with Crippen molar-refractivity contribution in [3.63, 3.8) is 0 Å². The number of carbonyl (C=O) groups is 1. The Kier molecular flexibility index (Phi) is 5.95. The molecule has 1 aromatic rings. The molecule has 118 valence electrons. The van der Waals surface area contributed by atoms with Gasteiger partial charge < -0.3 is 5.11 Å². The van der Waals surface area contributed by atoms with Crippen LogP contribution in [0.4, 0.5) is 0 Å². The molecule has 0 saturated carbocycles. The van der Waals surface area contributed by atoms with Crippen LogP contribution in [-0.2, 0) is 14.8 Å². The van der Waals surface area contributed by atoms with Crippen LogP contribution < -0.4 is 4.72 Å². The molecule has 21 heavy (non-hydrogen) atoms. The lowest BCUT2D eigenvalue weighted by Crippen LogP contribution is -2.39. The van der Waals surface area contributed by atoms with E-state index in [0.717, 1.165) is 0 Å². The Morgan fingerprint density at radius 1 is 1.38 bits per heavy atom. The van der Waals surface area contributed by atoms with Gasteiger partial charge in [-0.15, -0.1) is 0 Å². The van der Waals surface area contributed by atoms with E-state index in [2.05, 4.69) is 20.7 Å². The van der Waals surface area contributed by atoms with Gasteiger partial charge in [-0.3, -0.25) is 4.79 Å². The second-order valence-electron chi connectivity index (χ2n) is 6.14. The Bertz CT molecular complexity index is 608. The first-order chi connectivity index (χ1) is 9.49. The Morgan fingerprint density at radius 3 is 2.48 bits per heavy atom. The molecule has 0 aliphatic heterocycles. The number of benzene rings is 1. The van der Waals surface area contributed by atoms with Crippen molar-refractivity contribution in [3.8, 4) is 0 Å². The normalized spacial score (nSPS) is 13.9. The van der Waals surface area contributed by atoms with E-state index in [9.17, 15) is 13.2 Å². The zero-order chi connectivity index (χ0) is 16.3. The topological polar surface area (TPSA) is 83.5 Å². The number of halogens is 1. The van der Waals surface area contributed by atoms with Gasteiger partial charge in [-0.05, 0) is 30.0 Å². The molecule has 5 nitrogen and oxygen atoms in total. The highest BCUT2D eigenvalue weighted by molar-refractivity contribution is 9.10. The third-order valence-corrected chi connectivity index (χ3v) is 4.72. The van der Waals surface area contributed by atoms with E-state index in [1.807, 2.05) is 20.8 Å². The minimum Gasteiger partial charge on any atom is -0.481 e. The molecule has 0 radical (unpaired) electrons. The molecule has 1 atom stereocenters. The van der Waals surface area contributed by atoms with Gasteiger partial charge in [-0.1, -0.05) is 42.8 Å². The van der Waals surface area contributed by atoms with Gasteiger partial charge in [0.25, 0.3) is 0 Å². The van der Waals surface area contributed by atoms with Crippen LogP contribution in [0.15, 0.2) is 33.6 Å². The van der Waals surface area contributed by atoms with Crippen LogP contribution in [0.3, 0.4) is 0 Å². The first kappa shape index (κ1) is 18.1. The number of sulfonamides is 1. The van der Waals surface area contributed by atoms with E-state index in [4.69, 9.17) is 5.11 Å². The summed E-state index contributed by atoms with van der Waals surface area (Å²) >= 11 is 3.22. The van der Waals surface area contributed by atoms with E-state index < -0.39 is 22.0 Å². The summed E-state index contributed by atoms with van der Waals surface area (Å²) in [6.07, 6.45) is 0.192. The molecule has 0 amide bonds. The number of carboxylic acid groups (broad SMARTS) is 1. The maximum absolute atomic E-state index is 12.3. The van der Waals surface area contributed by atoms with Crippen LogP contribution in [0, 0.1) is 5.41 Å². The lowest BCUT2D eigenvalue weighted by Gasteiger charge is -2.25. The first-order valence-electron chi connectivity index (χ1n) is 6.49. The van der Waals surface area contributed by atoms with E-state index >= 15 is 0 Å². The molecule has 0 spiro atoms. The van der Waals surface area contributed by atoms with Gasteiger partial charge in [0.1, 0.15) is 0 Å². The summed E-state index contributed by atoms with van der Waals surface area (Å²) in [4.78, 5) is 11.0. The second-order valence-corrected chi connectivity index (χ2v) is 8.77. The minimum absolute atomic E-state index is 0.112. The summed E-state index contributed by atoms with van der Waals surface area (Å²) in [6.45, 7) is 5.82. The zero-order valence-electron chi connectivity index (χ0n) is 12.3. The number of nitrogens with one attached hydrogen (secondary N) is 1. The summed E-state index contributed by atoms with van der Waals surface area (Å²) < 4.78 is 27.8. The fourth-order valence-corrected chi connectivity index (χ4v) is 3.86. The smallest absolute Gasteiger partial charge is 0.304 e. The fraction of sp³-hybridized carbons (Fsp3) is 0.500. The monoisotopic (exact) mass is 377 g/mol. The SMILES string of the molecule is CC(C)(C)CC(CC(=O)O)NS(=O)(=O)c1cccc(Br)c1. The quantitative estimate of drug-likeness (QED) is 0.797. The zero-order valence-corrected chi connectivity index (χ0v) is 14.7. The third kappa shape index (κ3) is 6.58. The highest BCUT2D eigenvalue weighted by Crippen LogP contribution is 2.24. The van der Waals surface area contributed by atoms with Crippen molar-refractivity contribution in [2.75, 3.05) is 0 Å². The molecule has 0 aliphatic carbocycles. The predicted molar refractivity (Wildman–Crippen MR) is 84.6 cm³/mol. The lowest BCUT2D eigenvalue weighted by atomic mass is 9.87. The van der Waals surface area contributed by atoms with Crippen molar-refractivity contribution in [3.05, 3.63) is 28.7 Å². The van der Waals surface area contributed by atoms with Gasteiger partial charge in [0.2, 0.25) is 10.0 Å². The molecule has 0 fully saturated rings. The van der Waals surface area contributed by atoms with Crippen molar-refractivity contribution >= 4 is 31.9 Å². The van der Waals surface area contributed by atoms with Crippen LogP contribution in [0.5, 0.6) is 0 Å². The van der Waals surface area contributed by atoms with Crippen LogP contribution in [0.1, 0.15) is 33.6 Å². The van der Waals surface area contributed by atoms with Gasteiger partial charge in [0, 0.05) is 10.5 Å². The van der Waals surface area contributed by atoms with Gasteiger partial charge in [0.15, 0.2) is 0 Å². The molecule has 0 saturated heterocycles. The molecular weight excluding hydrogens is 358 g/mol. The number of hydrogen-bond acceptors (Lipinski definition) is 3. The van der Waals surface area contributed by atoms with E-state index in [1.54, 1.807) is 12.1 Å². The molecule has 0 heterocycles. The Labute approximate surface area is 133 Å². The van der Waals surface area contributed by atoms with Crippen LogP contribution >= 0.6 is 15.9 Å². The molecule has 0 aromatic heterocycles. The lowest BCUT2D eigenvalue weighted by molar-refractivity contribution is -0.137. The van der Waals surface area contributed by atoms with E-state index in [-0.39, 0.29) is 16.7 Å². The largest absolute Gasteiger partial charge is 0.481 e. The molecular formula is C14H20BrNO4S. The van der Waals surface area contributed by atoms with Crippen molar-refractivity contribution in [1.82, 2.24) is 4.72 Å². The highest BCUT2D eigenvalue weighted by Gasteiger charge is 2.26. The Balaban J connectivity index is 2.98. The molecule has 1 aromatic carbocycles. The first-order valence-corrected chi connectivity index (χ1v) is 8.77. The second kappa shape index (κ2) is 6.89. The van der Waals surface area contributed by atoms with Crippen molar-refractivity contribution in [1.29, 1.82) is 0 Å². The highest BCUT2D eigenvalue weighted by atomic mass is 79.9. The van der Waals surface area contributed by atoms with E-state index in [1.165, 1.54) is 12.1 Å². The average Bonchev–Trinajstić information content (AvgIpc) is 2.24. The van der Waals surface area contributed by atoms with Gasteiger partial charge in [-0.25, -0.2) is 13.1 Å². The molecule has 2 N–H and O–H groups in total. The predicted octanol–water partition coefficient (Wildman–Crippen LogP) is 3.01.